The maximum Gasteiger partial charge on any atom is 0.373 e. The summed E-state index contributed by atoms with van der Waals surface area (Å²) < 4.78 is 12.3. The number of hydrogen-bond acceptors (Lipinski definition) is 4. The van der Waals surface area contributed by atoms with Crippen LogP contribution in [0.15, 0.2) is 39.2 Å². The molecule has 1 atom stereocenters. The molecule has 1 N–H and O–H groups in total. The summed E-state index contributed by atoms with van der Waals surface area (Å²) in [4.78, 5) is 11.4. The summed E-state index contributed by atoms with van der Waals surface area (Å²) in [5.74, 6) is 0.382. The minimum absolute atomic E-state index is 0.141. The van der Waals surface area contributed by atoms with E-state index < -0.39 is 5.97 Å². The fourth-order valence-electron chi connectivity index (χ4n) is 1.91. The number of methoxy groups -OCH3 is 1. The van der Waals surface area contributed by atoms with Crippen molar-refractivity contribution in [1.29, 1.82) is 0 Å². The van der Waals surface area contributed by atoms with Crippen molar-refractivity contribution in [3.8, 4) is 0 Å². The zero-order valence-corrected chi connectivity index (χ0v) is 14.7. The molecule has 1 heterocycles. The van der Waals surface area contributed by atoms with E-state index in [4.69, 9.17) is 4.42 Å². The maximum absolute atomic E-state index is 11.4. The summed E-state index contributed by atoms with van der Waals surface area (Å²) in [5, 5.41) is 3.19. The van der Waals surface area contributed by atoms with E-state index in [0.717, 1.165) is 13.6 Å². The Morgan fingerprint density at radius 1 is 1.40 bits per heavy atom. The van der Waals surface area contributed by atoms with Gasteiger partial charge in [-0.2, -0.15) is 0 Å². The monoisotopic (exact) mass is 449 g/mol. The Hall–Kier alpha value is -0.860. The molecule has 20 heavy (non-hydrogen) atoms. The molecule has 0 saturated heterocycles. The van der Waals surface area contributed by atoms with Gasteiger partial charge in [-0.25, -0.2) is 4.79 Å². The molecular weight excluding hydrogens is 437 g/mol. The van der Waals surface area contributed by atoms with Gasteiger partial charge in [-0.15, -0.1) is 0 Å². The molecule has 0 aliphatic rings. The Morgan fingerprint density at radius 2 is 2.15 bits per heavy atom. The summed E-state index contributed by atoms with van der Waals surface area (Å²) in [6, 6.07) is 9.32. The normalized spacial score (nSPS) is 12.2. The fourth-order valence-corrected chi connectivity index (χ4v) is 2.90. The summed E-state index contributed by atoms with van der Waals surface area (Å²) in [7, 11) is 3.17. The first-order valence-electron chi connectivity index (χ1n) is 5.87. The van der Waals surface area contributed by atoms with Crippen LogP contribution in [0.4, 0.5) is 0 Å². The molecule has 0 saturated carbocycles. The molecule has 1 aromatic carbocycles. The number of benzene rings is 1. The standard InChI is InChI=1S/C14H13BrINO3/c1-17-13(9-7-8(16)3-4-10(9)15)11-5-6-12(20-11)14(18)19-2/h3-7,13,17H,1-2H3. The van der Waals surface area contributed by atoms with Crippen molar-refractivity contribution in [3.05, 3.63) is 55.5 Å². The lowest BCUT2D eigenvalue weighted by molar-refractivity contribution is 0.0562. The van der Waals surface area contributed by atoms with Gasteiger partial charge >= 0.3 is 5.97 Å². The fraction of sp³-hybridized carbons (Fsp3) is 0.214. The molecule has 0 aliphatic carbocycles. The molecule has 0 fully saturated rings. The van der Waals surface area contributed by atoms with Gasteiger partial charge in [0.2, 0.25) is 5.76 Å². The Bertz CT molecular complexity index is 627. The Balaban J connectivity index is 2.39. The molecule has 0 radical (unpaired) electrons. The SMILES string of the molecule is CNC(c1ccc(C(=O)OC)o1)c1cc(I)ccc1Br. The van der Waals surface area contributed by atoms with Crippen LogP contribution in [-0.4, -0.2) is 20.1 Å². The lowest BCUT2D eigenvalue weighted by atomic mass is 10.1. The van der Waals surface area contributed by atoms with Crippen LogP contribution >= 0.6 is 38.5 Å². The molecule has 0 aliphatic heterocycles. The molecule has 0 spiro atoms. The molecule has 2 rings (SSSR count). The zero-order chi connectivity index (χ0) is 14.7. The second-order valence-corrected chi connectivity index (χ2v) is 6.18. The van der Waals surface area contributed by atoms with E-state index in [2.05, 4.69) is 54.6 Å². The molecule has 6 heteroatoms. The summed E-state index contributed by atoms with van der Waals surface area (Å²) >= 11 is 5.80. The van der Waals surface area contributed by atoms with Crippen LogP contribution in [0.5, 0.6) is 0 Å². The van der Waals surface area contributed by atoms with Crippen molar-refractivity contribution in [2.75, 3.05) is 14.2 Å². The Labute approximate surface area is 139 Å². The quantitative estimate of drug-likeness (QED) is 0.570. The van der Waals surface area contributed by atoms with Gasteiger partial charge in [0.25, 0.3) is 0 Å². The van der Waals surface area contributed by atoms with E-state index in [1.807, 2.05) is 19.2 Å². The van der Waals surface area contributed by atoms with Gasteiger partial charge < -0.3 is 14.5 Å². The van der Waals surface area contributed by atoms with Crippen molar-refractivity contribution >= 4 is 44.5 Å². The molecule has 1 unspecified atom stereocenters. The Kier molecular flexibility index (Phi) is 5.22. The zero-order valence-electron chi connectivity index (χ0n) is 10.9. The minimum Gasteiger partial charge on any atom is -0.463 e. The summed E-state index contributed by atoms with van der Waals surface area (Å²) in [6.07, 6.45) is 0. The van der Waals surface area contributed by atoms with Crippen molar-refractivity contribution in [3.63, 3.8) is 0 Å². The highest BCUT2D eigenvalue weighted by atomic mass is 127. The van der Waals surface area contributed by atoms with E-state index in [0.29, 0.717) is 5.76 Å². The first kappa shape index (κ1) is 15.5. The number of rotatable bonds is 4. The lowest BCUT2D eigenvalue weighted by Gasteiger charge is -2.16. The summed E-state index contributed by atoms with van der Waals surface area (Å²) in [6.45, 7) is 0. The number of furan rings is 1. The Morgan fingerprint density at radius 3 is 2.80 bits per heavy atom. The number of hydrogen-bond donors (Lipinski definition) is 1. The van der Waals surface area contributed by atoms with E-state index in [9.17, 15) is 4.79 Å². The highest BCUT2D eigenvalue weighted by Crippen LogP contribution is 2.30. The number of nitrogens with one attached hydrogen (secondary N) is 1. The van der Waals surface area contributed by atoms with Gasteiger partial charge in [-0.1, -0.05) is 15.9 Å². The predicted molar refractivity (Wildman–Crippen MR) is 87.8 cm³/mol. The van der Waals surface area contributed by atoms with E-state index >= 15 is 0 Å². The van der Waals surface area contributed by atoms with Crippen LogP contribution in [0.1, 0.15) is 27.9 Å². The van der Waals surface area contributed by atoms with Gasteiger partial charge in [-0.05, 0) is 65.5 Å². The predicted octanol–water partition coefficient (Wildman–Crippen LogP) is 3.74. The van der Waals surface area contributed by atoms with Crippen molar-refractivity contribution < 1.29 is 13.9 Å². The minimum atomic E-state index is -0.479. The highest BCUT2D eigenvalue weighted by Gasteiger charge is 2.21. The average Bonchev–Trinajstić information content (AvgIpc) is 2.92. The molecule has 4 nitrogen and oxygen atoms in total. The van der Waals surface area contributed by atoms with E-state index in [1.165, 1.54) is 7.11 Å². The molecule has 0 amide bonds. The van der Waals surface area contributed by atoms with Gasteiger partial charge in [0.1, 0.15) is 5.76 Å². The van der Waals surface area contributed by atoms with Crippen LogP contribution in [0.3, 0.4) is 0 Å². The van der Waals surface area contributed by atoms with Crippen molar-refractivity contribution in [1.82, 2.24) is 5.32 Å². The number of carbonyl (C=O) groups excluding carboxylic acids is 1. The van der Waals surface area contributed by atoms with Gasteiger partial charge in [-0.3, -0.25) is 0 Å². The van der Waals surface area contributed by atoms with Crippen LogP contribution < -0.4 is 5.32 Å². The smallest absolute Gasteiger partial charge is 0.373 e. The highest BCUT2D eigenvalue weighted by molar-refractivity contribution is 14.1. The van der Waals surface area contributed by atoms with Gasteiger partial charge in [0.05, 0.1) is 13.2 Å². The maximum atomic E-state index is 11.4. The lowest BCUT2D eigenvalue weighted by Crippen LogP contribution is -2.17. The molecule has 1 aromatic heterocycles. The van der Waals surface area contributed by atoms with Gasteiger partial charge in [0.15, 0.2) is 0 Å². The number of ether oxygens (including phenoxy) is 1. The molecule has 106 valence electrons. The number of esters is 1. The van der Waals surface area contributed by atoms with Crippen LogP contribution in [-0.2, 0) is 4.74 Å². The number of halogens is 2. The first-order chi connectivity index (χ1) is 9.56. The van der Waals surface area contributed by atoms with E-state index in [-0.39, 0.29) is 11.8 Å². The third-order valence-electron chi connectivity index (χ3n) is 2.86. The van der Waals surface area contributed by atoms with E-state index in [1.54, 1.807) is 12.1 Å². The first-order valence-corrected chi connectivity index (χ1v) is 7.74. The van der Waals surface area contributed by atoms with Crippen LogP contribution in [0, 0.1) is 3.57 Å². The van der Waals surface area contributed by atoms with Crippen LogP contribution in [0.25, 0.3) is 0 Å². The topological polar surface area (TPSA) is 51.5 Å². The molecule has 0 bridgehead atoms. The molecular formula is C14H13BrINO3. The second kappa shape index (κ2) is 6.73. The third kappa shape index (κ3) is 3.24. The van der Waals surface area contributed by atoms with Crippen molar-refractivity contribution in [2.24, 2.45) is 0 Å². The van der Waals surface area contributed by atoms with Crippen LogP contribution in [0.2, 0.25) is 0 Å². The largest absolute Gasteiger partial charge is 0.463 e. The van der Waals surface area contributed by atoms with Crippen molar-refractivity contribution in [2.45, 2.75) is 6.04 Å². The number of carbonyl (C=O) groups is 1. The summed E-state index contributed by atoms with van der Waals surface area (Å²) in [5.41, 5.74) is 1.05. The third-order valence-corrected chi connectivity index (χ3v) is 4.25. The average molecular weight is 450 g/mol. The van der Waals surface area contributed by atoms with Gasteiger partial charge in [0, 0.05) is 8.04 Å². The molecule has 2 aromatic rings. The second-order valence-electron chi connectivity index (χ2n) is 4.08.